The zero-order valence-corrected chi connectivity index (χ0v) is 10.5. The summed E-state index contributed by atoms with van der Waals surface area (Å²) in [6.07, 6.45) is 6.25. The van der Waals surface area contributed by atoms with E-state index >= 15 is 0 Å². The fraction of sp³-hybridized carbons (Fsp3) is 0.143. The van der Waals surface area contributed by atoms with Crippen molar-refractivity contribution in [3.8, 4) is 12.3 Å². The number of terminal acetylenes is 1. The Morgan fingerprint density at radius 1 is 1.47 bits per heavy atom. The maximum Gasteiger partial charge on any atom is 0.413 e. The molecule has 1 heterocycles. The third-order valence-electron chi connectivity index (χ3n) is 2.53. The van der Waals surface area contributed by atoms with Crippen molar-refractivity contribution in [2.24, 2.45) is 7.05 Å². The molecule has 0 atom stereocenters. The van der Waals surface area contributed by atoms with E-state index in [-0.39, 0.29) is 6.61 Å². The summed E-state index contributed by atoms with van der Waals surface area (Å²) in [7, 11) is 1.69. The van der Waals surface area contributed by atoms with Gasteiger partial charge >= 0.3 is 6.09 Å². The van der Waals surface area contributed by atoms with Crippen LogP contribution in [0.4, 0.5) is 10.6 Å². The number of benzene rings is 1. The van der Waals surface area contributed by atoms with Crippen molar-refractivity contribution < 1.29 is 9.53 Å². The number of anilines is 1. The standard InChI is InChI=1S/C14H13N3O2/c1-3-12-9-15-17(2)13(12)16-14(18)19-10-11-7-5-4-6-8-11/h1,4-9H,10H2,2H3,(H,16,18). The Morgan fingerprint density at radius 3 is 2.89 bits per heavy atom. The van der Waals surface area contributed by atoms with Gasteiger partial charge in [0.05, 0.1) is 11.8 Å². The number of rotatable bonds is 3. The second-order valence-corrected chi connectivity index (χ2v) is 3.86. The van der Waals surface area contributed by atoms with Crippen molar-refractivity contribution >= 4 is 11.9 Å². The molecule has 1 aromatic heterocycles. The largest absolute Gasteiger partial charge is 0.444 e. The van der Waals surface area contributed by atoms with E-state index in [9.17, 15) is 4.79 Å². The molecular weight excluding hydrogens is 242 g/mol. The lowest BCUT2D eigenvalue weighted by atomic mass is 10.2. The van der Waals surface area contributed by atoms with Crippen LogP contribution in [0.2, 0.25) is 0 Å². The molecular formula is C14H13N3O2. The average molecular weight is 255 g/mol. The molecule has 5 nitrogen and oxygen atoms in total. The molecule has 0 saturated heterocycles. The van der Waals surface area contributed by atoms with Gasteiger partial charge in [-0.05, 0) is 5.56 Å². The van der Waals surface area contributed by atoms with Gasteiger partial charge in [-0.25, -0.2) is 4.79 Å². The van der Waals surface area contributed by atoms with Crippen LogP contribution in [0.5, 0.6) is 0 Å². The smallest absolute Gasteiger partial charge is 0.413 e. The molecule has 1 aromatic carbocycles. The van der Waals surface area contributed by atoms with Gasteiger partial charge < -0.3 is 4.74 Å². The zero-order chi connectivity index (χ0) is 13.7. The second kappa shape index (κ2) is 5.74. The normalized spacial score (nSPS) is 9.68. The molecule has 96 valence electrons. The van der Waals surface area contributed by atoms with E-state index in [0.29, 0.717) is 11.4 Å². The van der Waals surface area contributed by atoms with E-state index in [1.54, 1.807) is 7.05 Å². The van der Waals surface area contributed by atoms with Crippen molar-refractivity contribution in [2.45, 2.75) is 6.61 Å². The molecule has 0 unspecified atom stereocenters. The molecule has 0 aliphatic rings. The molecule has 0 aliphatic carbocycles. The molecule has 0 aliphatic heterocycles. The number of nitrogens with zero attached hydrogens (tertiary/aromatic N) is 2. The Morgan fingerprint density at radius 2 is 2.21 bits per heavy atom. The number of hydrogen-bond acceptors (Lipinski definition) is 3. The summed E-state index contributed by atoms with van der Waals surface area (Å²) >= 11 is 0. The molecule has 1 amide bonds. The first-order valence-electron chi connectivity index (χ1n) is 5.67. The molecule has 5 heteroatoms. The number of hydrogen-bond donors (Lipinski definition) is 1. The maximum absolute atomic E-state index is 11.7. The number of aromatic nitrogens is 2. The molecule has 2 rings (SSSR count). The van der Waals surface area contributed by atoms with Crippen LogP contribution in [0.1, 0.15) is 11.1 Å². The van der Waals surface area contributed by atoms with Gasteiger partial charge in [0.1, 0.15) is 12.4 Å². The highest BCUT2D eigenvalue weighted by atomic mass is 16.5. The van der Waals surface area contributed by atoms with Crippen LogP contribution >= 0.6 is 0 Å². The van der Waals surface area contributed by atoms with Crippen molar-refractivity contribution in [3.63, 3.8) is 0 Å². The molecule has 0 bridgehead atoms. The van der Waals surface area contributed by atoms with Gasteiger partial charge in [-0.1, -0.05) is 36.3 Å². The monoisotopic (exact) mass is 255 g/mol. The van der Waals surface area contributed by atoms with Crippen molar-refractivity contribution in [2.75, 3.05) is 5.32 Å². The van der Waals surface area contributed by atoms with Crippen LogP contribution < -0.4 is 5.32 Å². The predicted molar refractivity (Wildman–Crippen MR) is 71.4 cm³/mol. The Bertz CT molecular complexity index is 611. The van der Waals surface area contributed by atoms with Crippen molar-refractivity contribution in [1.82, 2.24) is 9.78 Å². The number of nitrogens with one attached hydrogen (secondary N) is 1. The van der Waals surface area contributed by atoms with Crippen LogP contribution in [0, 0.1) is 12.3 Å². The van der Waals surface area contributed by atoms with Gasteiger partial charge in [-0.15, -0.1) is 6.42 Å². The van der Waals surface area contributed by atoms with Gasteiger partial charge in [0.15, 0.2) is 0 Å². The lowest BCUT2D eigenvalue weighted by molar-refractivity contribution is 0.155. The fourth-order valence-corrected chi connectivity index (χ4v) is 1.55. The van der Waals surface area contributed by atoms with Gasteiger partial charge in [0, 0.05) is 7.05 Å². The first kappa shape index (κ1) is 12.7. The summed E-state index contributed by atoms with van der Waals surface area (Å²) in [6, 6.07) is 9.43. The highest BCUT2D eigenvalue weighted by Gasteiger charge is 2.11. The zero-order valence-electron chi connectivity index (χ0n) is 10.5. The summed E-state index contributed by atoms with van der Waals surface area (Å²) in [5.41, 5.74) is 1.43. The van der Waals surface area contributed by atoms with Crippen LogP contribution in [0.25, 0.3) is 0 Å². The van der Waals surface area contributed by atoms with Crippen LogP contribution in [0.15, 0.2) is 36.5 Å². The Hall–Kier alpha value is -2.74. The van der Waals surface area contributed by atoms with E-state index in [0.717, 1.165) is 5.56 Å². The fourth-order valence-electron chi connectivity index (χ4n) is 1.55. The second-order valence-electron chi connectivity index (χ2n) is 3.86. The molecule has 1 N–H and O–H groups in total. The van der Waals surface area contributed by atoms with Gasteiger partial charge in [-0.3, -0.25) is 10.00 Å². The highest BCUT2D eigenvalue weighted by molar-refractivity contribution is 5.85. The predicted octanol–water partition coefficient (Wildman–Crippen LogP) is 2.15. The molecule has 0 saturated carbocycles. The summed E-state index contributed by atoms with van der Waals surface area (Å²) < 4.78 is 6.58. The summed E-state index contributed by atoms with van der Waals surface area (Å²) in [6.45, 7) is 0.204. The number of carbonyl (C=O) groups is 1. The minimum Gasteiger partial charge on any atom is -0.444 e. The number of ether oxygens (including phenoxy) is 1. The Labute approximate surface area is 111 Å². The lowest BCUT2D eigenvalue weighted by Gasteiger charge is -2.07. The van der Waals surface area contributed by atoms with Crippen LogP contribution in [-0.2, 0) is 18.4 Å². The Kier molecular flexibility index (Phi) is 3.84. The third-order valence-corrected chi connectivity index (χ3v) is 2.53. The van der Waals surface area contributed by atoms with Crippen molar-refractivity contribution in [3.05, 3.63) is 47.7 Å². The lowest BCUT2D eigenvalue weighted by Crippen LogP contribution is -2.16. The molecule has 0 spiro atoms. The van der Waals surface area contributed by atoms with Crippen LogP contribution in [0.3, 0.4) is 0 Å². The number of aryl methyl sites for hydroxylation is 1. The maximum atomic E-state index is 11.7. The average Bonchev–Trinajstić information content (AvgIpc) is 2.78. The summed E-state index contributed by atoms with van der Waals surface area (Å²) in [4.78, 5) is 11.7. The first-order valence-corrected chi connectivity index (χ1v) is 5.67. The quantitative estimate of drug-likeness (QED) is 0.855. The van der Waals surface area contributed by atoms with E-state index in [2.05, 4.69) is 16.3 Å². The molecule has 0 radical (unpaired) electrons. The first-order chi connectivity index (χ1) is 9.20. The number of carbonyl (C=O) groups excluding carboxylic acids is 1. The topological polar surface area (TPSA) is 56.2 Å². The van der Waals surface area contributed by atoms with E-state index in [1.807, 2.05) is 30.3 Å². The minimum atomic E-state index is -0.566. The third kappa shape index (κ3) is 3.13. The summed E-state index contributed by atoms with van der Waals surface area (Å²) in [5, 5.41) is 6.54. The highest BCUT2D eigenvalue weighted by Crippen LogP contribution is 2.13. The molecule has 0 fully saturated rings. The van der Waals surface area contributed by atoms with Gasteiger partial charge in [0.2, 0.25) is 0 Å². The molecule has 19 heavy (non-hydrogen) atoms. The van der Waals surface area contributed by atoms with E-state index in [4.69, 9.17) is 11.2 Å². The molecule has 2 aromatic rings. The SMILES string of the molecule is C#Cc1cnn(C)c1NC(=O)OCc1ccccc1. The van der Waals surface area contributed by atoms with E-state index in [1.165, 1.54) is 10.9 Å². The summed E-state index contributed by atoms with van der Waals surface area (Å²) in [5.74, 6) is 2.89. The Balaban J connectivity index is 1.95. The van der Waals surface area contributed by atoms with Gasteiger partial charge in [0.25, 0.3) is 0 Å². The number of amides is 1. The van der Waals surface area contributed by atoms with E-state index < -0.39 is 6.09 Å². The van der Waals surface area contributed by atoms with Gasteiger partial charge in [-0.2, -0.15) is 5.10 Å². The minimum absolute atomic E-state index is 0.204. The van der Waals surface area contributed by atoms with Crippen molar-refractivity contribution in [1.29, 1.82) is 0 Å². The van der Waals surface area contributed by atoms with Crippen LogP contribution in [-0.4, -0.2) is 15.9 Å².